The number of fused-ring (bicyclic) bond motifs is 1. The molecule has 0 saturated heterocycles. The summed E-state index contributed by atoms with van der Waals surface area (Å²) >= 11 is 0. The molecule has 2 heterocycles. The van der Waals surface area contributed by atoms with E-state index in [0.717, 1.165) is 22.0 Å². The molecule has 0 aliphatic carbocycles. The second kappa shape index (κ2) is 9.18. The number of rotatable bonds is 7. The second-order valence-electron chi connectivity index (χ2n) is 7.30. The third-order valence-electron chi connectivity index (χ3n) is 5.12. The van der Waals surface area contributed by atoms with Gasteiger partial charge in [0.2, 0.25) is 0 Å². The lowest BCUT2D eigenvalue weighted by Crippen LogP contribution is -2.28. The molecule has 0 saturated carbocycles. The highest BCUT2D eigenvalue weighted by molar-refractivity contribution is 6.07. The minimum Gasteiger partial charge on any atom is -0.366 e. The van der Waals surface area contributed by atoms with Gasteiger partial charge in [-0.3, -0.25) is 9.78 Å². The average molecular weight is 396 g/mol. The number of hydrogen-bond acceptors (Lipinski definition) is 4. The third kappa shape index (κ3) is 4.63. The van der Waals surface area contributed by atoms with E-state index in [1.54, 1.807) is 12.4 Å². The lowest BCUT2D eigenvalue weighted by Gasteiger charge is -2.15. The number of anilines is 1. The van der Waals surface area contributed by atoms with Crippen molar-refractivity contribution in [1.82, 2.24) is 15.3 Å². The van der Waals surface area contributed by atoms with E-state index in [1.165, 1.54) is 0 Å². The highest BCUT2D eigenvalue weighted by Crippen LogP contribution is 2.22. The normalized spacial score (nSPS) is 11.8. The molecule has 2 aromatic heterocycles. The monoisotopic (exact) mass is 396 g/mol. The molecule has 150 valence electrons. The number of aromatic nitrogens is 2. The lowest BCUT2D eigenvalue weighted by atomic mass is 10.0. The molecule has 1 unspecified atom stereocenters. The van der Waals surface area contributed by atoms with E-state index in [0.29, 0.717) is 24.5 Å². The minimum absolute atomic E-state index is 0.0998. The lowest BCUT2D eigenvalue weighted by molar-refractivity contribution is 0.0953. The molecule has 0 aliphatic heterocycles. The maximum atomic E-state index is 13.0. The van der Waals surface area contributed by atoms with E-state index in [-0.39, 0.29) is 11.8 Å². The van der Waals surface area contributed by atoms with Crippen LogP contribution in [0.25, 0.3) is 10.9 Å². The van der Waals surface area contributed by atoms with Gasteiger partial charge in [0.1, 0.15) is 5.82 Å². The van der Waals surface area contributed by atoms with Gasteiger partial charge in [-0.15, -0.1) is 0 Å². The van der Waals surface area contributed by atoms with Crippen LogP contribution in [-0.4, -0.2) is 22.4 Å². The van der Waals surface area contributed by atoms with Crippen LogP contribution in [0.2, 0.25) is 0 Å². The molecule has 0 radical (unpaired) electrons. The molecule has 0 bridgehead atoms. The van der Waals surface area contributed by atoms with Gasteiger partial charge in [-0.2, -0.15) is 0 Å². The van der Waals surface area contributed by atoms with E-state index in [9.17, 15) is 4.79 Å². The first-order valence-electron chi connectivity index (χ1n) is 10.1. The second-order valence-corrected chi connectivity index (χ2v) is 7.30. The van der Waals surface area contributed by atoms with Gasteiger partial charge in [-0.05, 0) is 41.3 Å². The Balaban J connectivity index is 1.53. The van der Waals surface area contributed by atoms with Crippen LogP contribution in [0, 0.1) is 0 Å². The number of carbonyl (C=O) groups excluding carboxylic acids is 1. The first-order chi connectivity index (χ1) is 14.7. The van der Waals surface area contributed by atoms with E-state index in [1.807, 2.05) is 60.7 Å². The number of nitrogens with one attached hydrogen (secondary N) is 2. The minimum atomic E-state index is -0.0998. The standard InChI is InChI=1S/C25H24N4O/c1-18(20-11-13-26-14-12-20)16-28-25(30)22-15-24(27-17-19-7-3-2-4-8-19)29-23-10-6-5-9-21(22)23/h2-15,18H,16-17H2,1H3,(H,27,29)(H,28,30). The van der Waals surface area contributed by atoms with E-state index in [4.69, 9.17) is 0 Å². The van der Waals surface area contributed by atoms with Crippen molar-refractivity contribution < 1.29 is 4.79 Å². The molecule has 30 heavy (non-hydrogen) atoms. The Morgan fingerprint density at radius 2 is 1.70 bits per heavy atom. The first kappa shape index (κ1) is 19.6. The summed E-state index contributed by atoms with van der Waals surface area (Å²) in [6.07, 6.45) is 3.55. The van der Waals surface area contributed by atoms with Crippen LogP contribution in [0.1, 0.15) is 34.3 Å². The van der Waals surface area contributed by atoms with Gasteiger partial charge in [0, 0.05) is 30.9 Å². The van der Waals surface area contributed by atoms with E-state index < -0.39 is 0 Å². The summed E-state index contributed by atoms with van der Waals surface area (Å²) < 4.78 is 0. The Labute approximate surface area is 176 Å². The Morgan fingerprint density at radius 3 is 2.50 bits per heavy atom. The zero-order chi connectivity index (χ0) is 20.8. The largest absolute Gasteiger partial charge is 0.366 e. The maximum Gasteiger partial charge on any atom is 0.252 e. The van der Waals surface area contributed by atoms with E-state index >= 15 is 0 Å². The fraction of sp³-hybridized carbons (Fsp3) is 0.160. The molecule has 2 aromatic carbocycles. The fourth-order valence-corrected chi connectivity index (χ4v) is 3.39. The summed E-state index contributed by atoms with van der Waals surface area (Å²) in [6.45, 7) is 3.28. The van der Waals surface area contributed by atoms with Gasteiger partial charge in [-0.25, -0.2) is 4.98 Å². The van der Waals surface area contributed by atoms with Gasteiger partial charge in [0.25, 0.3) is 5.91 Å². The number of amides is 1. The highest BCUT2D eigenvalue weighted by Gasteiger charge is 2.14. The summed E-state index contributed by atoms with van der Waals surface area (Å²) in [5, 5.41) is 7.26. The zero-order valence-corrected chi connectivity index (χ0v) is 16.9. The molecule has 4 rings (SSSR count). The van der Waals surface area contributed by atoms with Crippen molar-refractivity contribution in [1.29, 1.82) is 0 Å². The number of para-hydroxylation sites is 1. The summed E-state index contributed by atoms with van der Waals surface area (Å²) in [5.74, 6) is 0.780. The molecule has 4 aromatic rings. The summed E-state index contributed by atoms with van der Waals surface area (Å²) in [4.78, 5) is 21.8. The van der Waals surface area contributed by atoms with Crippen molar-refractivity contribution >= 4 is 22.6 Å². The maximum absolute atomic E-state index is 13.0. The van der Waals surface area contributed by atoms with Crippen LogP contribution in [0.4, 0.5) is 5.82 Å². The summed E-state index contributed by atoms with van der Waals surface area (Å²) in [6, 6.07) is 23.6. The van der Waals surface area contributed by atoms with Gasteiger partial charge < -0.3 is 10.6 Å². The van der Waals surface area contributed by atoms with E-state index in [2.05, 4.69) is 39.7 Å². The predicted octanol–water partition coefficient (Wildman–Crippen LogP) is 4.78. The summed E-state index contributed by atoms with van der Waals surface area (Å²) in [7, 11) is 0. The highest BCUT2D eigenvalue weighted by atomic mass is 16.1. The zero-order valence-electron chi connectivity index (χ0n) is 16.9. The Hall–Kier alpha value is -3.73. The van der Waals surface area contributed by atoms with Crippen molar-refractivity contribution in [3.8, 4) is 0 Å². The number of benzene rings is 2. The third-order valence-corrected chi connectivity index (χ3v) is 5.12. The van der Waals surface area contributed by atoms with Crippen LogP contribution in [-0.2, 0) is 6.54 Å². The van der Waals surface area contributed by atoms with Crippen molar-refractivity contribution in [2.75, 3.05) is 11.9 Å². The van der Waals surface area contributed by atoms with Crippen LogP contribution in [0.15, 0.2) is 85.2 Å². The first-order valence-corrected chi connectivity index (χ1v) is 10.1. The van der Waals surface area contributed by atoms with Gasteiger partial charge >= 0.3 is 0 Å². The van der Waals surface area contributed by atoms with Crippen LogP contribution in [0.3, 0.4) is 0 Å². The Morgan fingerprint density at radius 1 is 0.967 bits per heavy atom. The van der Waals surface area contributed by atoms with Gasteiger partial charge in [-0.1, -0.05) is 55.5 Å². The molecular formula is C25H24N4O. The average Bonchev–Trinajstić information content (AvgIpc) is 2.81. The Bertz CT molecular complexity index is 1130. The number of pyridine rings is 2. The molecule has 1 atom stereocenters. The van der Waals surface area contributed by atoms with Gasteiger partial charge in [0.15, 0.2) is 0 Å². The quantitative estimate of drug-likeness (QED) is 0.472. The number of carbonyl (C=O) groups is 1. The molecular weight excluding hydrogens is 372 g/mol. The topological polar surface area (TPSA) is 66.9 Å². The van der Waals surface area contributed by atoms with Crippen molar-refractivity contribution in [3.05, 3.63) is 102 Å². The van der Waals surface area contributed by atoms with Crippen LogP contribution in [0.5, 0.6) is 0 Å². The number of hydrogen-bond donors (Lipinski definition) is 2. The molecule has 1 amide bonds. The van der Waals surface area contributed by atoms with Crippen molar-refractivity contribution in [3.63, 3.8) is 0 Å². The van der Waals surface area contributed by atoms with Crippen molar-refractivity contribution in [2.24, 2.45) is 0 Å². The fourth-order valence-electron chi connectivity index (χ4n) is 3.39. The van der Waals surface area contributed by atoms with Gasteiger partial charge in [0.05, 0.1) is 11.1 Å². The van der Waals surface area contributed by atoms with Crippen molar-refractivity contribution in [2.45, 2.75) is 19.4 Å². The smallest absolute Gasteiger partial charge is 0.252 e. The molecule has 0 spiro atoms. The molecule has 0 aliphatic rings. The Kier molecular flexibility index (Phi) is 5.99. The molecule has 5 heteroatoms. The SMILES string of the molecule is CC(CNC(=O)c1cc(NCc2ccccc2)nc2ccccc12)c1ccncc1. The molecule has 2 N–H and O–H groups in total. The number of nitrogens with zero attached hydrogens (tertiary/aromatic N) is 2. The molecule has 0 fully saturated rings. The predicted molar refractivity (Wildman–Crippen MR) is 120 cm³/mol. The van der Waals surface area contributed by atoms with Crippen LogP contribution >= 0.6 is 0 Å². The molecule has 5 nitrogen and oxygen atoms in total. The van der Waals surface area contributed by atoms with Crippen LogP contribution < -0.4 is 10.6 Å². The summed E-state index contributed by atoms with van der Waals surface area (Å²) in [5.41, 5.74) is 3.72.